The molecule has 9 rings (SSSR count). The van der Waals surface area contributed by atoms with Gasteiger partial charge >= 0.3 is 0 Å². The predicted molar refractivity (Wildman–Crippen MR) is 199 cm³/mol. The standard InChI is InChI=1S/C28H20NO.C17H12N.Ir/c1-17(2)23-16-19(15-18-9-3-4-10-20(18)23)27-26-22-12-6-8-14-25(22)30-28(26)21-11-5-7-13-24(21)29-27;1-2-6-14(7-3-1)15-9-11-16(12-10-15)17-8-4-5-13-18-17;/h3-14,16-17H,1-2H3;1-11,13H;/q2*-1;. The zero-order chi connectivity index (χ0) is 32.5. The fourth-order valence-electron chi connectivity index (χ4n) is 6.38. The second-order valence-corrected chi connectivity index (χ2v) is 12.2. The molecule has 0 N–H and O–H groups in total. The van der Waals surface area contributed by atoms with E-state index in [1.165, 1.54) is 22.1 Å². The molecule has 3 nitrogen and oxygen atoms in total. The van der Waals surface area contributed by atoms with Gasteiger partial charge in [0.2, 0.25) is 0 Å². The van der Waals surface area contributed by atoms with Crippen molar-refractivity contribution in [2.75, 3.05) is 0 Å². The van der Waals surface area contributed by atoms with Gasteiger partial charge in [-0.3, -0.25) is 4.98 Å². The van der Waals surface area contributed by atoms with Crippen LogP contribution in [0.3, 0.4) is 0 Å². The zero-order valence-corrected chi connectivity index (χ0v) is 29.5. The topological polar surface area (TPSA) is 38.9 Å². The number of benzene rings is 6. The van der Waals surface area contributed by atoms with Crippen molar-refractivity contribution in [1.29, 1.82) is 0 Å². The van der Waals surface area contributed by atoms with Gasteiger partial charge in [0, 0.05) is 48.2 Å². The Labute approximate surface area is 299 Å². The molecule has 0 aliphatic rings. The van der Waals surface area contributed by atoms with Crippen molar-refractivity contribution in [2.45, 2.75) is 19.8 Å². The van der Waals surface area contributed by atoms with Crippen LogP contribution < -0.4 is 0 Å². The maximum absolute atomic E-state index is 6.34. The van der Waals surface area contributed by atoms with Crippen molar-refractivity contribution >= 4 is 43.6 Å². The minimum atomic E-state index is 0. The molecule has 0 saturated heterocycles. The Morgan fingerprint density at radius 1 is 0.633 bits per heavy atom. The molecule has 0 bridgehead atoms. The Kier molecular flexibility index (Phi) is 9.17. The van der Waals surface area contributed by atoms with Crippen LogP contribution in [0.4, 0.5) is 0 Å². The molecule has 0 aliphatic heterocycles. The molecule has 4 heteroatoms. The number of pyridine rings is 2. The second kappa shape index (κ2) is 14.0. The summed E-state index contributed by atoms with van der Waals surface area (Å²) in [5.74, 6) is 0.403. The fourth-order valence-corrected chi connectivity index (χ4v) is 6.38. The molecular formula is C45H32IrN2O-2. The molecular weight excluding hydrogens is 777 g/mol. The molecule has 3 aromatic heterocycles. The van der Waals surface area contributed by atoms with E-state index in [1.54, 1.807) is 6.20 Å². The number of nitrogens with zero attached hydrogens (tertiary/aromatic N) is 2. The van der Waals surface area contributed by atoms with E-state index in [2.05, 4.69) is 110 Å². The van der Waals surface area contributed by atoms with Crippen LogP contribution in [0.15, 0.2) is 156 Å². The molecule has 0 amide bonds. The first-order valence-corrected chi connectivity index (χ1v) is 16.3. The first-order valence-electron chi connectivity index (χ1n) is 16.3. The van der Waals surface area contributed by atoms with Gasteiger partial charge < -0.3 is 9.40 Å². The van der Waals surface area contributed by atoms with Crippen molar-refractivity contribution in [1.82, 2.24) is 9.97 Å². The SMILES string of the molecule is CC(C)c1cc(-c2nc3ccccc3c3oc4ccccc4c23)[c-]c2ccccc12.[Ir].[c-]1cc(-c2ccccc2)ccc1-c1ccccn1. The van der Waals surface area contributed by atoms with Gasteiger partial charge in [0.05, 0.1) is 5.52 Å². The summed E-state index contributed by atoms with van der Waals surface area (Å²) in [4.78, 5) is 9.43. The second-order valence-electron chi connectivity index (χ2n) is 12.2. The Balaban J connectivity index is 0.000000171. The maximum atomic E-state index is 6.34. The van der Waals surface area contributed by atoms with Crippen molar-refractivity contribution in [3.63, 3.8) is 0 Å². The normalized spacial score (nSPS) is 11.1. The summed E-state index contributed by atoms with van der Waals surface area (Å²) in [5, 5.41) is 5.57. The third-order valence-corrected chi connectivity index (χ3v) is 8.76. The molecule has 0 unspecified atom stereocenters. The van der Waals surface area contributed by atoms with Gasteiger partial charge in [0.25, 0.3) is 0 Å². The molecule has 0 aliphatic carbocycles. The molecule has 239 valence electrons. The van der Waals surface area contributed by atoms with Crippen molar-refractivity contribution in [3.8, 4) is 33.6 Å². The van der Waals surface area contributed by atoms with Crippen molar-refractivity contribution in [3.05, 3.63) is 169 Å². The number of furan rings is 1. The molecule has 1 radical (unpaired) electrons. The molecule has 3 heterocycles. The van der Waals surface area contributed by atoms with E-state index in [1.807, 2.05) is 66.7 Å². The average molecular weight is 809 g/mol. The van der Waals surface area contributed by atoms with E-state index < -0.39 is 0 Å². The Hall–Kier alpha value is -5.41. The predicted octanol–water partition coefficient (Wildman–Crippen LogP) is 12.1. The summed E-state index contributed by atoms with van der Waals surface area (Å²) in [7, 11) is 0. The Bertz CT molecular complexity index is 2460. The van der Waals surface area contributed by atoms with Crippen LogP contribution in [0.5, 0.6) is 0 Å². The summed E-state index contributed by atoms with van der Waals surface area (Å²) < 4.78 is 6.34. The van der Waals surface area contributed by atoms with Gasteiger partial charge in [-0.2, -0.15) is 0 Å². The number of hydrogen-bond acceptors (Lipinski definition) is 3. The summed E-state index contributed by atoms with van der Waals surface area (Å²) in [6.07, 6.45) is 1.80. The van der Waals surface area contributed by atoms with Crippen LogP contribution in [0.2, 0.25) is 0 Å². The summed E-state index contributed by atoms with van der Waals surface area (Å²) in [6.45, 7) is 4.48. The first kappa shape index (κ1) is 32.2. The number of hydrogen-bond donors (Lipinski definition) is 0. The fraction of sp³-hybridized carbons (Fsp3) is 0.0667. The van der Waals surface area contributed by atoms with Gasteiger partial charge in [-0.15, -0.1) is 59.0 Å². The Morgan fingerprint density at radius 3 is 2.10 bits per heavy atom. The average Bonchev–Trinajstić information content (AvgIpc) is 3.55. The molecule has 6 aromatic carbocycles. The number of rotatable bonds is 4. The molecule has 0 fully saturated rings. The molecule has 0 atom stereocenters. The smallest absolute Gasteiger partial charge is 0.139 e. The molecule has 9 aromatic rings. The van der Waals surface area contributed by atoms with E-state index in [0.717, 1.165) is 60.7 Å². The van der Waals surface area contributed by atoms with Crippen molar-refractivity contribution < 1.29 is 24.5 Å². The van der Waals surface area contributed by atoms with Crippen LogP contribution in [0.25, 0.3) is 77.3 Å². The van der Waals surface area contributed by atoms with Crippen LogP contribution in [-0.2, 0) is 20.1 Å². The van der Waals surface area contributed by atoms with E-state index in [4.69, 9.17) is 9.40 Å². The monoisotopic (exact) mass is 809 g/mol. The summed E-state index contributed by atoms with van der Waals surface area (Å²) >= 11 is 0. The van der Waals surface area contributed by atoms with E-state index in [9.17, 15) is 0 Å². The first-order chi connectivity index (χ1) is 23.6. The molecule has 0 spiro atoms. The van der Waals surface area contributed by atoms with E-state index >= 15 is 0 Å². The van der Waals surface area contributed by atoms with Crippen LogP contribution in [-0.4, -0.2) is 9.97 Å². The van der Waals surface area contributed by atoms with E-state index in [-0.39, 0.29) is 20.1 Å². The zero-order valence-electron chi connectivity index (χ0n) is 27.1. The minimum absolute atomic E-state index is 0. The van der Waals surface area contributed by atoms with Crippen molar-refractivity contribution in [2.24, 2.45) is 0 Å². The minimum Gasteiger partial charge on any atom is -0.456 e. The van der Waals surface area contributed by atoms with Crippen LogP contribution in [0, 0.1) is 12.1 Å². The van der Waals surface area contributed by atoms with Gasteiger partial charge in [-0.05, 0) is 35.9 Å². The quantitative estimate of drug-likeness (QED) is 0.166. The number of para-hydroxylation sites is 2. The third kappa shape index (κ3) is 6.29. The van der Waals surface area contributed by atoms with Gasteiger partial charge in [-0.25, -0.2) is 0 Å². The molecule has 49 heavy (non-hydrogen) atoms. The summed E-state index contributed by atoms with van der Waals surface area (Å²) in [5.41, 5.74) is 10.3. The van der Waals surface area contributed by atoms with Gasteiger partial charge in [0.1, 0.15) is 11.2 Å². The van der Waals surface area contributed by atoms with Crippen LogP contribution >= 0.6 is 0 Å². The summed E-state index contributed by atoms with van der Waals surface area (Å²) in [6, 6.07) is 56.5. The van der Waals surface area contributed by atoms with E-state index in [0.29, 0.717) is 5.92 Å². The Morgan fingerprint density at radius 2 is 1.35 bits per heavy atom. The third-order valence-electron chi connectivity index (χ3n) is 8.76. The molecule has 0 saturated carbocycles. The maximum Gasteiger partial charge on any atom is 0.139 e. The number of aromatic nitrogens is 2. The van der Waals surface area contributed by atoms with Gasteiger partial charge in [-0.1, -0.05) is 127 Å². The van der Waals surface area contributed by atoms with Gasteiger partial charge in [0.15, 0.2) is 0 Å². The van der Waals surface area contributed by atoms with Crippen LogP contribution in [0.1, 0.15) is 25.3 Å². The number of fused-ring (bicyclic) bond motifs is 6. The largest absolute Gasteiger partial charge is 0.456 e.